The second kappa shape index (κ2) is 23.2. The number of unbranched alkanes of at least 4 members (excludes halogenated alkanes) is 14. The van der Waals surface area contributed by atoms with Gasteiger partial charge < -0.3 is 17.7 Å². The fraction of sp³-hybridized carbons (Fsp3) is 1.00. The third-order valence-corrected chi connectivity index (χ3v) is 5.33. The molecule has 0 unspecified atom stereocenters. The molecule has 0 atom stereocenters. The molecule has 0 saturated heterocycles. The summed E-state index contributed by atoms with van der Waals surface area (Å²) in [5.41, 5.74) is 0. The molecule has 0 aromatic heterocycles. The standard InChI is InChI=1S/C22H47N.ClH/c1-4-6-8-10-12-14-16-18-20-22(23-3)21-19-17-15-13-11-9-7-5-2;/h22-23H,4-21H2,1-3H3;1H. The molecule has 0 fully saturated rings. The van der Waals surface area contributed by atoms with Crippen molar-refractivity contribution in [3.8, 4) is 0 Å². The van der Waals surface area contributed by atoms with Crippen LogP contribution in [0.1, 0.15) is 129 Å². The van der Waals surface area contributed by atoms with Crippen LogP contribution in [0.25, 0.3) is 0 Å². The zero-order valence-electron chi connectivity index (χ0n) is 17.3. The maximum atomic E-state index is 2.47. The summed E-state index contributed by atoms with van der Waals surface area (Å²) in [5, 5.41) is 2.47. The lowest BCUT2D eigenvalue weighted by atomic mass is 10.00. The second-order valence-electron chi connectivity index (χ2n) is 7.62. The van der Waals surface area contributed by atoms with Crippen molar-refractivity contribution >= 4 is 0 Å². The summed E-state index contributed by atoms with van der Waals surface area (Å²) in [6.45, 7) is 4.60. The third kappa shape index (κ3) is 20.3. The van der Waals surface area contributed by atoms with Gasteiger partial charge in [-0.2, -0.15) is 0 Å². The Morgan fingerprint density at radius 3 is 1.08 bits per heavy atom. The quantitative estimate of drug-likeness (QED) is 0.338. The van der Waals surface area contributed by atoms with E-state index in [1.54, 1.807) is 0 Å². The van der Waals surface area contributed by atoms with Crippen LogP contribution < -0.4 is 17.7 Å². The van der Waals surface area contributed by atoms with Gasteiger partial charge in [0.1, 0.15) is 0 Å². The first-order valence-corrected chi connectivity index (χ1v) is 11.1. The Bertz CT molecular complexity index is 188. The Morgan fingerprint density at radius 1 is 0.500 bits per heavy atom. The van der Waals surface area contributed by atoms with Crippen LogP contribution in [0.15, 0.2) is 0 Å². The molecule has 0 aromatic carbocycles. The van der Waals surface area contributed by atoms with Crippen LogP contribution in [-0.4, -0.2) is 13.1 Å². The molecule has 0 rings (SSSR count). The summed E-state index contributed by atoms with van der Waals surface area (Å²) < 4.78 is 0. The van der Waals surface area contributed by atoms with Gasteiger partial charge in [0.15, 0.2) is 0 Å². The van der Waals surface area contributed by atoms with E-state index in [1.807, 2.05) is 0 Å². The van der Waals surface area contributed by atoms with Crippen LogP contribution >= 0.6 is 0 Å². The Labute approximate surface area is 160 Å². The number of rotatable bonds is 19. The van der Waals surface area contributed by atoms with Gasteiger partial charge in [-0.05, 0) is 25.7 Å². The van der Waals surface area contributed by atoms with Crippen molar-refractivity contribution in [1.82, 2.24) is 0 Å². The van der Waals surface area contributed by atoms with E-state index in [0.29, 0.717) is 0 Å². The van der Waals surface area contributed by atoms with E-state index in [2.05, 4.69) is 26.2 Å². The minimum Gasteiger partial charge on any atom is -1.00 e. The van der Waals surface area contributed by atoms with Gasteiger partial charge in [0.05, 0.1) is 13.1 Å². The zero-order chi connectivity index (χ0) is 17.0. The molecule has 148 valence electrons. The van der Waals surface area contributed by atoms with Gasteiger partial charge >= 0.3 is 0 Å². The van der Waals surface area contributed by atoms with Crippen molar-refractivity contribution in [3.05, 3.63) is 0 Å². The molecule has 0 bridgehead atoms. The average molecular weight is 362 g/mol. The normalized spacial score (nSPS) is 11.0. The summed E-state index contributed by atoms with van der Waals surface area (Å²) in [4.78, 5) is 0. The summed E-state index contributed by atoms with van der Waals surface area (Å²) in [7, 11) is 2.28. The lowest BCUT2D eigenvalue weighted by Crippen LogP contribution is -3.00. The minimum absolute atomic E-state index is 0. The van der Waals surface area contributed by atoms with Gasteiger partial charge in [0.2, 0.25) is 0 Å². The van der Waals surface area contributed by atoms with E-state index >= 15 is 0 Å². The maximum absolute atomic E-state index is 2.47. The van der Waals surface area contributed by atoms with Crippen LogP contribution in [0, 0.1) is 0 Å². The van der Waals surface area contributed by atoms with E-state index in [0.717, 1.165) is 6.04 Å². The fourth-order valence-electron chi connectivity index (χ4n) is 3.56. The first-order valence-electron chi connectivity index (χ1n) is 11.1. The molecule has 0 amide bonds. The molecule has 0 spiro atoms. The van der Waals surface area contributed by atoms with Crippen molar-refractivity contribution in [3.63, 3.8) is 0 Å². The Kier molecular flexibility index (Phi) is 25.7. The highest BCUT2D eigenvalue weighted by molar-refractivity contribution is 4.57. The van der Waals surface area contributed by atoms with Gasteiger partial charge in [-0.3, -0.25) is 0 Å². The van der Waals surface area contributed by atoms with E-state index in [1.165, 1.54) is 116 Å². The molecule has 1 nitrogen and oxygen atoms in total. The SMILES string of the molecule is CCCCCCCCCCC(CCCCCCCCCC)[NH2+]C.[Cl-]. The molecule has 0 aromatic rings. The Balaban J connectivity index is 0. The molecular weight excluding hydrogens is 314 g/mol. The lowest BCUT2D eigenvalue weighted by molar-refractivity contribution is -0.665. The summed E-state index contributed by atoms with van der Waals surface area (Å²) in [6, 6.07) is 0.898. The summed E-state index contributed by atoms with van der Waals surface area (Å²) >= 11 is 0. The molecule has 0 heterocycles. The van der Waals surface area contributed by atoms with Gasteiger partial charge in [0, 0.05) is 0 Å². The van der Waals surface area contributed by atoms with Crippen molar-refractivity contribution in [1.29, 1.82) is 0 Å². The zero-order valence-corrected chi connectivity index (χ0v) is 18.0. The molecule has 0 aliphatic carbocycles. The first kappa shape index (κ1) is 26.5. The monoisotopic (exact) mass is 361 g/mol. The van der Waals surface area contributed by atoms with Crippen LogP contribution in [0.5, 0.6) is 0 Å². The highest BCUT2D eigenvalue weighted by Crippen LogP contribution is 2.13. The van der Waals surface area contributed by atoms with E-state index < -0.39 is 0 Å². The molecule has 2 N–H and O–H groups in total. The lowest BCUT2D eigenvalue weighted by Gasteiger charge is -2.13. The predicted octanol–water partition coefficient (Wildman–Crippen LogP) is 3.61. The van der Waals surface area contributed by atoms with Crippen molar-refractivity contribution < 1.29 is 17.7 Å². The Hall–Kier alpha value is 0.250. The van der Waals surface area contributed by atoms with E-state index in [4.69, 9.17) is 0 Å². The van der Waals surface area contributed by atoms with E-state index in [9.17, 15) is 0 Å². The summed E-state index contributed by atoms with van der Waals surface area (Å²) in [6.07, 6.45) is 26.1. The van der Waals surface area contributed by atoms with Gasteiger partial charge in [-0.1, -0.05) is 104 Å². The fourth-order valence-corrected chi connectivity index (χ4v) is 3.56. The second-order valence-corrected chi connectivity index (χ2v) is 7.62. The van der Waals surface area contributed by atoms with E-state index in [-0.39, 0.29) is 12.4 Å². The molecule has 2 heteroatoms. The topological polar surface area (TPSA) is 16.6 Å². The van der Waals surface area contributed by atoms with Crippen LogP contribution in [0.2, 0.25) is 0 Å². The van der Waals surface area contributed by atoms with Crippen molar-refractivity contribution in [2.75, 3.05) is 7.05 Å². The molecular formula is C22H48ClN. The number of hydrogen-bond donors (Lipinski definition) is 1. The van der Waals surface area contributed by atoms with Crippen molar-refractivity contribution in [2.24, 2.45) is 0 Å². The molecule has 0 saturated carbocycles. The molecule has 24 heavy (non-hydrogen) atoms. The highest BCUT2D eigenvalue weighted by Gasteiger charge is 2.08. The number of nitrogens with two attached hydrogens (primary N) is 1. The van der Waals surface area contributed by atoms with Gasteiger partial charge in [-0.25, -0.2) is 0 Å². The number of quaternary nitrogens is 1. The summed E-state index contributed by atoms with van der Waals surface area (Å²) in [5.74, 6) is 0. The van der Waals surface area contributed by atoms with Gasteiger partial charge in [0.25, 0.3) is 0 Å². The van der Waals surface area contributed by atoms with Crippen LogP contribution in [-0.2, 0) is 0 Å². The highest BCUT2D eigenvalue weighted by atomic mass is 35.5. The molecule has 0 aliphatic heterocycles. The molecule has 0 aliphatic rings. The third-order valence-electron chi connectivity index (χ3n) is 5.33. The number of halogens is 1. The van der Waals surface area contributed by atoms with Crippen LogP contribution in [0.4, 0.5) is 0 Å². The first-order chi connectivity index (χ1) is 11.3. The Morgan fingerprint density at radius 2 is 0.792 bits per heavy atom. The number of hydrogen-bond acceptors (Lipinski definition) is 0. The van der Waals surface area contributed by atoms with Crippen molar-refractivity contribution in [2.45, 2.75) is 135 Å². The maximum Gasteiger partial charge on any atom is 0.0857 e. The van der Waals surface area contributed by atoms with Gasteiger partial charge in [-0.15, -0.1) is 0 Å². The molecule has 0 radical (unpaired) electrons. The smallest absolute Gasteiger partial charge is 0.0857 e. The predicted molar refractivity (Wildman–Crippen MR) is 106 cm³/mol. The largest absolute Gasteiger partial charge is 1.00 e. The average Bonchev–Trinajstić information content (AvgIpc) is 2.57. The van der Waals surface area contributed by atoms with Crippen LogP contribution in [0.3, 0.4) is 0 Å². The minimum atomic E-state index is 0.